The number of tetrazole rings is 1. The van der Waals surface area contributed by atoms with Crippen molar-refractivity contribution < 1.29 is 9.84 Å². The van der Waals surface area contributed by atoms with Crippen molar-refractivity contribution in [2.24, 2.45) is 7.05 Å². The summed E-state index contributed by atoms with van der Waals surface area (Å²) in [4.78, 5) is 11.9. The molecule has 0 bridgehead atoms. The Balaban J connectivity index is 2.51. The minimum atomic E-state index is -0.345. The van der Waals surface area contributed by atoms with Crippen LogP contribution >= 0.6 is 0 Å². The second-order valence-corrected chi connectivity index (χ2v) is 4.02. The first kappa shape index (κ1) is 13.3. The molecule has 2 aromatic rings. The molecule has 0 aliphatic carbocycles. The molecule has 7 nitrogen and oxygen atoms in total. The molecule has 0 fully saturated rings. The number of ether oxygens (including phenoxy) is 1. The highest BCUT2D eigenvalue weighted by Gasteiger charge is 2.12. The van der Waals surface area contributed by atoms with Gasteiger partial charge in [0, 0.05) is 7.05 Å². The van der Waals surface area contributed by atoms with Crippen molar-refractivity contribution in [3.63, 3.8) is 0 Å². The lowest BCUT2D eigenvalue weighted by Gasteiger charge is -2.10. The van der Waals surface area contributed by atoms with Crippen LogP contribution in [0.5, 0.6) is 5.75 Å². The van der Waals surface area contributed by atoms with Crippen LogP contribution in [0.2, 0.25) is 0 Å². The van der Waals surface area contributed by atoms with Gasteiger partial charge in [0.15, 0.2) is 0 Å². The molecule has 102 valence electrons. The number of benzene rings is 1. The predicted octanol–water partition coefficient (Wildman–Crippen LogP) is -0.101. The van der Waals surface area contributed by atoms with Crippen molar-refractivity contribution in [2.45, 2.75) is 13.3 Å². The van der Waals surface area contributed by atoms with Gasteiger partial charge in [0.05, 0.1) is 6.61 Å². The van der Waals surface area contributed by atoms with Crippen molar-refractivity contribution in [3.05, 3.63) is 34.2 Å². The third-order valence-corrected chi connectivity index (χ3v) is 2.73. The van der Waals surface area contributed by atoms with E-state index in [4.69, 9.17) is 9.84 Å². The van der Waals surface area contributed by atoms with Crippen LogP contribution in [-0.4, -0.2) is 38.1 Å². The molecule has 0 saturated heterocycles. The van der Waals surface area contributed by atoms with Gasteiger partial charge in [-0.1, -0.05) is 13.0 Å². The molecule has 0 atom stereocenters. The van der Waals surface area contributed by atoms with Crippen molar-refractivity contribution in [2.75, 3.05) is 13.2 Å². The number of aliphatic hydroxyl groups is 1. The number of aryl methyl sites for hydroxylation is 2. The van der Waals surface area contributed by atoms with Gasteiger partial charge < -0.3 is 9.84 Å². The van der Waals surface area contributed by atoms with Gasteiger partial charge >= 0.3 is 5.69 Å². The third-order valence-electron chi connectivity index (χ3n) is 2.73. The Morgan fingerprint density at radius 2 is 2.16 bits per heavy atom. The molecule has 2 rings (SSSR count). The van der Waals surface area contributed by atoms with Crippen molar-refractivity contribution in [1.82, 2.24) is 19.8 Å². The molecule has 0 amide bonds. The first-order chi connectivity index (χ1) is 9.17. The van der Waals surface area contributed by atoms with Crippen LogP contribution in [-0.2, 0) is 13.5 Å². The van der Waals surface area contributed by atoms with E-state index in [1.807, 2.05) is 19.1 Å². The zero-order chi connectivity index (χ0) is 13.8. The minimum Gasteiger partial charge on any atom is -0.489 e. The second kappa shape index (κ2) is 5.66. The van der Waals surface area contributed by atoms with Crippen molar-refractivity contribution in [1.29, 1.82) is 0 Å². The van der Waals surface area contributed by atoms with Crippen LogP contribution in [0.15, 0.2) is 23.0 Å². The topological polar surface area (TPSA) is 82.2 Å². The first-order valence-electron chi connectivity index (χ1n) is 6.03. The molecule has 0 spiro atoms. The number of hydrogen-bond acceptors (Lipinski definition) is 5. The van der Waals surface area contributed by atoms with Gasteiger partial charge in [-0.25, -0.2) is 4.79 Å². The van der Waals surface area contributed by atoms with E-state index >= 15 is 0 Å². The summed E-state index contributed by atoms with van der Waals surface area (Å²) >= 11 is 0. The highest BCUT2D eigenvalue weighted by atomic mass is 16.5. The molecule has 1 heterocycles. The third kappa shape index (κ3) is 2.65. The zero-order valence-electron chi connectivity index (χ0n) is 10.9. The lowest BCUT2D eigenvalue weighted by Crippen LogP contribution is -2.22. The maximum Gasteiger partial charge on any atom is 0.368 e. The van der Waals surface area contributed by atoms with Crippen LogP contribution in [0.25, 0.3) is 5.69 Å². The molecule has 0 saturated carbocycles. The van der Waals surface area contributed by atoms with Gasteiger partial charge in [0.1, 0.15) is 18.0 Å². The molecule has 0 radical (unpaired) electrons. The fraction of sp³-hybridized carbons (Fsp3) is 0.417. The lowest BCUT2D eigenvalue weighted by molar-refractivity contribution is 0.201. The number of aliphatic hydroxyl groups excluding tert-OH is 1. The zero-order valence-corrected chi connectivity index (χ0v) is 10.9. The standard InChI is InChI=1S/C12H16N4O3/c1-3-9-4-5-11(19-7-6-17)10(8-9)16-12(18)15(2)13-14-16/h4-5,8,17H,3,6-7H2,1-2H3. The van der Waals surface area contributed by atoms with Crippen molar-refractivity contribution >= 4 is 0 Å². The SMILES string of the molecule is CCc1ccc(OCCO)c(-n2nnn(C)c2=O)c1. The summed E-state index contributed by atoms with van der Waals surface area (Å²) in [6, 6.07) is 5.52. The molecule has 0 aliphatic heterocycles. The van der Waals surface area contributed by atoms with E-state index in [9.17, 15) is 4.79 Å². The minimum absolute atomic E-state index is 0.0929. The predicted molar refractivity (Wildman–Crippen MR) is 68.6 cm³/mol. The Morgan fingerprint density at radius 1 is 1.37 bits per heavy atom. The molecule has 1 N–H and O–H groups in total. The van der Waals surface area contributed by atoms with E-state index in [0.717, 1.165) is 16.7 Å². The largest absolute Gasteiger partial charge is 0.489 e. The summed E-state index contributed by atoms with van der Waals surface area (Å²) in [5.74, 6) is 0.494. The summed E-state index contributed by atoms with van der Waals surface area (Å²) < 4.78 is 7.75. The average molecular weight is 264 g/mol. The number of rotatable bonds is 5. The summed E-state index contributed by atoms with van der Waals surface area (Å²) in [6.07, 6.45) is 0.836. The highest BCUT2D eigenvalue weighted by Crippen LogP contribution is 2.22. The first-order valence-corrected chi connectivity index (χ1v) is 6.03. The Labute approximate surface area is 110 Å². The summed E-state index contributed by atoms with van der Waals surface area (Å²) in [7, 11) is 1.53. The van der Waals surface area contributed by atoms with Crippen LogP contribution < -0.4 is 10.4 Å². The molecule has 0 unspecified atom stereocenters. The lowest BCUT2D eigenvalue weighted by atomic mass is 10.1. The van der Waals surface area contributed by atoms with E-state index < -0.39 is 0 Å². The summed E-state index contributed by atoms with van der Waals surface area (Å²) in [6.45, 7) is 2.09. The van der Waals surface area contributed by atoms with Gasteiger partial charge in [0.2, 0.25) is 0 Å². The average Bonchev–Trinajstić information content (AvgIpc) is 2.76. The fourth-order valence-electron chi connectivity index (χ4n) is 1.69. The molecule has 19 heavy (non-hydrogen) atoms. The summed E-state index contributed by atoms with van der Waals surface area (Å²) in [5, 5.41) is 16.3. The number of hydrogen-bond donors (Lipinski definition) is 1. The van der Waals surface area contributed by atoms with Gasteiger partial charge in [-0.3, -0.25) is 0 Å². The maximum atomic E-state index is 11.9. The molecular formula is C12H16N4O3. The van der Waals surface area contributed by atoms with Crippen LogP contribution in [0.3, 0.4) is 0 Å². The van der Waals surface area contributed by atoms with E-state index in [2.05, 4.69) is 10.4 Å². The Bertz CT molecular complexity index is 618. The normalized spacial score (nSPS) is 10.7. The van der Waals surface area contributed by atoms with Crippen LogP contribution in [0, 0.1) is 0 Å². The molecule has 0 aliphatic rings. The van der Waals surface area contributed by atoms with Crippen LogP contribution in [0.1, 0.15) is 12.5 Å². The number of nitrogens with zero attached hydrogens (tertiary/aromatic N) is 4. The Morgan fingerprint density at radius 3 is 2.74 bits per heavy atom. The van der Waals surface area contributed by atoms with Gasteiger partial charge in [-0.2, -0.15) is 9.36 Å². The second-order valence-electron chi connectivity index (χ2n) is 4.02. The van der Waals surface area contributed by atoms with Crippen molar-refractivity contribution in [3.8, 4) is 11.4 Å². The Kier molecular flexibility index (Phi) is 3.96. The van der Waals surface area contributed by atoms with Gasteiger partial charge in [-0.15, -0.1) is 0 Å². The van der Waals surface area contributed by atoms with Gasteiger partial charge in [0.25, 0.3) is 0 Å². The van der Waals surface area contributed by atoms with E-state index in [0.29, 0.717) is 11.4 Å². The summed E-state index contributed by atoms with van der Waals surface area (Å²) in [5.41, 5.74) is 1.25. The molecule has 1 aromatic carbocycles. The number of aromatic nitrogens is 4. The molecule has 7 heteroatoms. The maximum absolute atomic E-state index is 11.9. The fourth-order valence-corrected chi connectivity index (χ4v) is 1.69. The molecular weight excluding hydrogens is 248 g/mol. The smallest absolute Gasteiger partial charge is 0.368 e. The quantitative estimate of drug-likeness (QED) is 0.815. The van der Waals surface area contributed by atoms with Crippen LogP contribution in [0.4, 0.5) is 0 Å². The van der Waals surface area contributed by atoms with E-state index in [-0.39, 0.29) is 18.9 Å². The van der Waals surface area contributed by atoms with E-state index in [1.165, 1.54) is 11.7 Å². The highest BCUT2D eigenvalue weighted by molar-refractivity contribution is 5.48. The van der Waals surface area contributed by atoms with E-state index in [1.54, 1.807) is 6.07 Å². The van der Waals surface area contributed by atoms with Gasteiger partial charge in [-0.05, 0) is 34.5 Å². The Hall–Kier alpha value is -2.15. The monoisotopic (exact) mass is 264 g/mol. The molecule has 1 aromatic heterocycles.